The molecule has 1 N–H and O–H groups in total. The lowest BCUT2D eigenvalue weighted by atomic mass is 10.0. The fourth-order valence-electron chi connectivity index (χ4n) is 3.25. The first kappa shape index (κ1) is 19.6. The third kappa shape index (κ3) is 4.63. The summed E-state index contributed by atoms with van der Waals surface area (Å²) < 4.78 is 19.2. The van der Waals surface area contributed by atoms with Gasteiger partial charge < -0.3 is 9.84 Å². The molecular formula is C25H21FN2O2. The minimum Gasteiger partial charge on any atom is -0.355 e. The number of aryl methyl sites for hydroxylation is 1. The summed E-state index contributed by atoms with van der Waals surface area (Å²) in [5.41, 5.74) is 3.73. The van der Waals surface area contributed by atoms with Gasteiger partial charge in [-0.3, -0.25) is 4.79 Å². The van der Waals surface area contributed by atoms with Gasteiger partial charge in [-0.15, -0.1) is 0 Å². The maximum Gasteiger partial charge on any atom is 0.273 e. The van der Waals surface area contributed by atoms with Gasteiger partial charge in [0.05, 0.1) is 0 Å². The second kappa shape index (κ2) is 9.18. The van der Waals surface area contributed by atoms with Crippen molar-refractivity contribution in [3.8, 4) is 22.5 Å². The van der Waals surface area contributed by atoms with Crippen LogP contribution in [0.2, 0.25) is 0 Å². The molecule has 1 heterocycles. The monoisotopic (exact) mass is 400 g/mol. The summed E-state index contributed by atoms with van der Waals surface area (Å²) >= 11 is 0. The van der Waals surface area contributed by atoms with Crippen LogP contribution in [0.4, 0.5) is 4.39 Å². The van der Waals surface area contributed by atoms with Crippen LogP contribution in [-0.4, -0.2) is 17.6 Å². The molecule has 0 spiro atoms. The first-order valence-corrected chi connectivity index (χ1v) is 9.85. The van der Waals surface area contributed by atoms with E-state index >= 15 is 0 Å². The summed E-state index contributed by atoms with van der Waals surface area (Å²) in [6.07, 6.45) is 1.60. The normalized spacial score (nSPS) is 10.7. The van der Waals surface area contributed by atoms with Gasteiger partial charge in [0.1, 0.15) is 5.82 Å². The number of hydrogen-bond donors (Lipinski definition) is 1. The molecule has 4 nitrogen and oxygen atoms in total. The van der Waals surface area contributed by atoms with Crippen LogP contribution in [0.25, 0.3) is 22.5 Å². The quantitative estimate of drug-likeness (QED) is 0.416. The largest absolute Gasteiger partial charge is 0.355 e. The highest BCUT2D eigenvalue weighted by molar-refractivity contribution is 5.93. The van der Waals surface area contributed by atoms with E-state index in [1.165, 1.54) is 6.07 Å². The van der Waals surface area contributed by atoms with Crippen LogP contribution < -0.4 is 5.32 Å². The molecule has 0 saturated carbocycles. The number of carbonyl (C=O) groups excluding carboxylic acids is 1. The molecule has 30 heavy (non-hydrogen) atoms. The Morgan fingerprint density at radius 1 is 0.900 bits per heavy atom. The SMILES string of the molecule is O=C(NCCCc1ccc(-c2ccccc2F)cc1)c1cc(-c2ccccc2)on1. The van der Waals surface area contributed by atoms with Crippen molar-refractivity contribution < 1.29 is 13.7 Å². The molecule has 0 aliphatic heterocycles. The van der Waals surface area contributed by atoms with Gasteiger partial charge >= 0.3 is 0 Å². The van der Waals surface area contributed by atoms with E-state index in [4.69, 9.17) is 4.52 Å². The summed E-state index contributed by atoms with van der Waals surface area (Å²) in [6.45, 7) is 0.529. The number of amides is 1. The summed E-state index contributed by atoms with van der Waals surface area (Å²) in [7, 11) is 0. The van der Waals surface area contributed by atoms with Gasteiger partial charge in [-0.25, -0.2) is 4.39 Å². The van der Waals surface area contributed by atoms with E-state index in [-0.39, 0.29) is 17.4 Å². The summed E-state index contributed by atoms with van der Waals surface area (Å²) in [5, 5.41) is 6.72. The van der Waals surface area contributed by atoms with Gasteiger partial charge in [0, 0.05) is 23.7 Å². The number of nitrogens with zero attached hydrogens (tertiary/aromatic N) is 1. The molecule has 0 bridgehead atoms. The third-order valence-electron chi connectivity index (χ3n) is 4.87. The Labute approximate surface area is 174 Å². The van der Waals surface area contributed by atoms with Gasteiger partial charge in [0.25, 0.3) is 5.91 Å². The van der Waals surface area contributed by atoms with Gasteiger partial charge in [-0.1, -0.05) is 78.0 Å². The van der Waals surface area contributed by atoms with Crippen molar-refractivity contribution in [3.63, 3.8) is 0 Å². The summed E-state index contributed by atoms with van der Waals surface area (Å²) in [5.74, 6) is 0.0859. The van der Waals surface area contributed by atoms with Crippen LogP contribution in [0, 0.1) is 5.82 Å². The Morgan fingerprint density at radius 2 is 1.63 bits per heavy atom. The summed E-state index contributed by atoms with van der Waals surface area (Å²) in [4.78, 5) is 12.3. The van der Waals surface area contributed by atoms with Crippen molar-refractivity contribution in [2.75, 3.05) is 6.54 Å². The number of carbonyl (C=O) groups is 1. The molecule has 3 aromatic carbocycles. The first-order valence-electron chi connectivity index (χ1n) is 9.85. The molecule has 0 radical (unpaired) electrons. The van der Waals surface area contributed by atoms with E-state index in [1.807, 2.05) is 60.7 Å². The highest BCUT2D eigenvalue weighted by Gasteiger charge is 2.13. The van der Waals surface area contributed by atoms with Crippen molar-refractivity contribution in [1.82, 2.24) is 10.5 Å². The van der Waals surface area contributed by atoms with Crippen LogP contribution in [0.5, 0.6) is 0 Å². The molecule has 0 aliphatic carbocycles. The standard InChI is InChI=1S/C25H21FN2O2/c26-22-11-5-4-10-21(22)19-14-12-18(13-15-19)7-6-16-27-25(29)23-17-24(30-28-23)20-8-2-1-3-9-20/h1-5,8-15,17H,6-7,16H2,(H,27,29). The molecule has 1 amide bonds. The lowest BCUT2D eigenvalue weighted by molar-refractivity contribution is 0.0944. The molecule has 0 atom stereocenters. The average Bonchev–Trinajstić information content (AvgIpc) is 3.29. The average molecular weight is 400 g/mol. The molecule has 4 rings (SSSR count). The van der Waals surface area contributed by atoms with Crippen LogP contribution in [-0.2, 0) is 6.42 Å². The van der Waals surface area contributed by atoms with E-state index in [1.54, 1.807) is 18.2 Å². The predicted molar refractivity (Wildman–Crippen MR) is 114 cm³/mol. The zero-order chi connectivity index (χ0) is 20.8. The fourth-order valence-corrected chi connectivity index (χ4v) is 3.25. The second-order valence-corrected chi connectivity index (χ2v) is 6.98. The van der Waals surface area contributed by atoms with Gasteiger partial charge in [0.15, 0.2) is 11.5 Å². The zero-order valence-electron chi connectivity index (χ0n) is 16.3. The minimum absolute atomic E-state index is 0.226. The van der Waals surface area contributed by atoms with Crippen molar-refractivity contribution in [2.24, 2.45) is 0 Å². The number of halogens is 1. The topological polar surface area (TPSA) is 55.1 Å². The maximum absolute atomic E-state index is 13.9. The lowest BCUT2D eigenvalue weighted by Crippen LogP contribution is -2.25. The van der Waals surface area contributed by atoms with Gasteiger partial charge in [-0.2, -0.15) is 0 Å². The first-order chi connectivity index (χ1) is 14.7. The smallest absolute Gasteiger partial charge is 0.273 e. The number of rotatable bonds is 7. The van der Waals surface area contributed by atoms with E-state index in [0.29, 0.717) is 17.9 Å². The molecule has 0 aliphatic rings. The lowest BCUT2D eigenvalue weighted by Gasteiger charge is -2.06. The van der Waals surface area contributed by atoms with Crippen LogP contribution >= 0.6 is 0 Å². The molecule has 0 saturated heterocycles. The molecular weight excluding hydrogens is 379 g/mol. The third-order valence-corrected chi connectivity index (χ3v) is 4.87. The molecule has 0 fully saturated rings. The highest BCUT2D eigenvalue weighted by atomic mass is 19.1. The Kier molecular flexibility index (Phi) is 5.99. The van der Waals surface area contributed by atoms with Gasteiger partial charge in [-0.05, 0) is 30.0 Å². The number of aromatic nitrogens is 1. The second-order valence-electron chi connectivity index (χ2n) is 6.98. The molecule has 150 valence electrons. The summed E-state index contributed by atoms with van der Waals surface area (Å²) in [6, 6.07) is 25.8. The van der Waals surface area contributed by atoms with Crippen LogP contribution in [0.3, 0.4) is 0 Å². The molecule has 0 unspecified atom stereocenters. The van der Waals surface area contributed by atoms with Gasteiger partial charge in [0.2, 0.25) is 0 Å². The zero-order valence-corrected chi connectivity index (χ0v) is 16.3. The Morgan fingerprint density at radius 3 is 2.40 bits per heavy atom. The van der Waals surface area contributed by atoms with Crippen molar-refractivity contribution in [1.29, 1.82) is 0 Å². The Bertz CT molecular complexity index is 1120. The number of hydrogen-bond acceptors (Lipinski definition) is 3. The maximum atomic E-state index is 13.9. The Hall–Kier alpha value is -3.73. The highest BCUT2D eigenvalue weighted by Crippen LogP contribution is 2.23. The van der Waals surface area contributed by atoms with Crippen LogP contribution in [0.15, 0.2) is 89.5 Å². The fraction of sp³-hybridized carbons (Fsp3) is 0.120. The van der Waals surface area contributed by atoms with Crippen molar-refractivity contribution >= 4 is 5.91 Å². The van der Waals surface area contributed by atoms with Crippen molar-refractivity contribution in [3.05, 3.63) is 102 Å². The minimum atomic E-state index is -0.254. The van der Waals surface area contributed by atoms with Crippen molar-refractivity contribution in [2.45, 2.75) is 12.8 Å². The molecule has 1 aromatic heterocycles. The predicted octanol–water partition coefficient (Wildman–Crippen LogP) is 5.51. The van der Waals surface area contributed by atoms with E-state index in [9.17, 15) is 9.18 Å². The van der Waals surface area contributed by atoms with E-state index in [2.05, 4.69) is 10.5 Å². The number of nitrogens with one attached hydrogen (secondary N) is 1. The van der Waals surface area contributed by atoms with E-state index < -0.39 is 0 Å². The molecule has 4 aromatic rings. The van der Waals surface area contributed by atoms with Crippen LogP contribution in [0.1, 0.15) is 22.5 Å². The molecule has 5 heteroatoms. The van der Waals surface area contributed by atoms with E-state index in [0.717, 1.165) is 29.5 Å². The Balaban J connectivity index is 1.27. The number of benzene rings is 3.